The van der Waals surface area contributed by atoms with Crippen LogP contribution >= 0.6 is 22.6 Å². The first-order chi connectivity index (χ1) is 6.85. The molecule has 0 spiro atoms. The summed E-state index contributed by atoms with van der Waals surface area (Å²) in [4.78, 5) is 2.80. The summed E-state index contributed by atoms with van der Waals surface area (Å²) in [6.45, 7) is 0. The molecule has 14 heavy (non-hydrogen) atoms. The van der Waals surface area contributed by atoms with Crippen molar-refractivity contribution in [2.24, 2.45) is 5.11 Å². The number of alkyl halides is 1. The van der Waals surface area contributed by atoms with Crippen molar-refractivity contribution in [3.63, 3.8) is 0 Å². The Bertz CT molecular complexity index is 401. The van der Waals surface area contributed by atoms with Gasteiger partial charge < -0.3 is 4.74 Å². The van der Waals surface area contributed by atoms with Crippen LogP contribution in [-0.2, 0) is 6.42 Å². The van der Waals surface area contributed by atoms with Gasteiger partial charge in [0.1, 0.15) is 11.9 Å². The van der Waals surface area contributed by atoms with Gasteiger partial charge in [-0.1, -0.05) is 39.8 Å². The first-order valence-corrected chi connectivity index (χ1v) is 5.77. The average Bonchev–Trinajstić information content (AvgIpc) is 2.62. The van der Waals surface area contributed by atoms with Gasteiger partial charge in [-0.15, -0.1) is 0 Å². The van der Waals surface area contributed by atoms with E-state index >= 15 is 0 Å². The van der Waals surface area contributed by atoms with Crippen LogP contribution in [0.1, 0.15) is 5.56 Å². The molecule has 5 heteroatoms. The number of hydrogen-bond donors (Lipinski definition) is 0. The minimum atomic E-state index is 0.223. The lowest BCUT2D eigenvalue weighted by atomic mass is 10.1. The monoisotopic (exact) mass is 301 g/mol. The van der Waals surface area contributed by atoms with Gasteiger partial charge in [0.25, 0.3) is 0 Å². The smallest absolute Gasteiger partial charge is 0.123 e. The zero-order valence-corrected chi connectivity index (χ0v) is 9.51. The summed E-state index contributed by atoms with van der Waals surface area (Å²) >= 11 is 2.29. The lowest BCUT2D eigenvalue weighted by Crippen LogP contribution is -2.13. The number of nitrogens with zero attached hydrogens (tertiary/aromatic N) is 3. The minimum absolute atomic E-state index is 0.223. The van der Waals surface area contributed by atoms with Crippen LogP contribution < -0.4 is 4.74 Å². The van der Waals surface area contributed by atoms with E-state index in [0.717, 1.165) is 22.2 Å². The van der Waals surface area contributed by atoms with Gasteiger partial charge >= 0.3 is 0 Å². The van der Waals surface area contributed by atoms with E-state index < -0.39 is 0 Å². The highest BCUT2D eigenvalue weighted by molar-refractivity contribution is 14.1. The van der Waals surface area contributed by atoms with Gasteiger partial charge in [0.2, 0.25) is 0 Å². The van der Waals surface area contributed by atoms with Crippen molar-refractivity contribution in [1.29, 1.82) is 0 Å². The van der Waals surface area contributed by atoms with Crippen LogP contribution in [0.25, 0.3) is 10.4 Å². The van der Waals surface area contributed by atoms with Crippen LogP contribution in [0.15, 0.2) is 23.3 Å². The number of fused-ring (bicyclic) bond motifs is 1. The molecule has 0 saturated carbocycles. The molecule has 0 radical (unpaired) electrons. The molecule has 0 saturated heterocycles. The van der Waals surface area contributed by atoms with Crippen LogP contribution in [0.2, 0.25) is 0 Å². The molecule has 0 aliphatic carbocycles. The zero-order valence-electron chi connectivity index (χ0n) is 7.35. The fourth-order valence-corrected chi connectivity index (χ4v) is 2.04. The molecule has 1 unspecified atom stereocenters. The first-order valence-electron chi connectivity index (χ1n) is 4.24. The Balaban J connectivity index is 2.40. The number of rotatable bonds is 2. The molecule has 1 heterocycles. The second kappa shape index (κ2) is 4.06. The highest BCUT2D eigenvalue weighted by Gasteiger charge is 2.23. The summed E-state index contributed by atoms with van der Waals surface area (Å²) in [5, 5.41) is 3.65. The van der Waals surface area contributed by atoms with Crippen molar-refractivity contribution in [3.8, 4) is 5.75 Å². The third-order valence-electron chi connectivity index (χ3n) is 2.16. The molecular formula is C9H8IN3O. The molecule has 0 amide bonds. The second-order valence-electron chi connectivity index (χ2n) is 3.04. The molecule has 0 N–H and O–H groups in total. The summed E-state index contributed by atoms with van der Waals surface area (Å²) in [7, 11) is 0. The molecule has 0 fully saturated rings. The fourth-order valence-electron chi connectivity index (χ4n) is 1.55. The summed E-state index contributed by atoms with van der Waals surface area (Å²) in [6, 6.07) is 5.58. The third-order valence-corrected chi connectivity index (χ3v) is 3.14. The van der Waals surface area contributed by atoms with Gasteiger partial charge in [0, 0.05) is 27.0 Å². The van der Waals surface area contributed by atoms with Crippen molar-refractivity contribution in [2.45, 2.75) is 12.5 Å². The lowest BCUT2D eigenvalue weighted by molar-refractivity contribution is 0.262. The van der Waals surface area contributed by atoms with Gasteiger partial charge in [-0.25, -0.2) is 0 Å². The molecule has 4 nitrogen and oxygen atoms in total. The van der Waals surface area contributed by atoms with E-state index in [1.165, 1.54) is 0 Å². The molecule has 2 rings (SSSR count). The highest BCUT2D eigenvalue weighted by atomic mass is 127. The SMILES string of the molecule is [N-]=[N+]=Nc1cccc2c1CC(CI)O2. The predicted octanol–water partition coefficient (Wildman–Crippen LogP) is 3.37. The first kappa shape index (κ1) is 9.61. The number of azide groups is 1. The minimum Gasteiger partial charge on any atom is -0.489 e. The topological polar surface area (TPSA) is 58.0 Å². The zero-order chi connectivity index (χ0) is 9.97. The maximum atomic E-state index is 8.39. The Morgan fingerprint density at radius 1 is 1.64 bits per heavy atom. The molecule has 72 valence electrons. The number of halogens is 1. The van der Waals surface area contributed by atoms with Gasteiger partial charge in [0.05, 0.1) is 0 Å². The highest BCUT2D eigenvalue weighted by Crippen LogP contribution is 2.36. The van der Waals surface area contributed by atoms with E-state index in [4.69, 9.17) is 10.3 Å². The van der Waals surface area contributed by atoms with E-state index in [0.29, 0.717) is 5.69 Å². The molecule has 0 aromatic heterocycles. The van der Waals surface area contributed by atoms with Crippen LogP contribution in [0.3, 0.4) is 0 Å². The Kier molecular flexibility index (Phi) is 2.79. The quantitative estimate of drug-likeness (QED) is 0.272. The van der Waals surface area contributed by atoms with E-state index in [1.807, 2.05) is 18.2 Å². The number of hydrogen-bond acceptors (Lipinski definition) is 2. The fraction of sp³-hybridized carbons (Fsp3) is 0.333. The molecule has 1 aromatic rings. The summed E-state index contributed by atoms with van der Waals surface area (Å²) in [6.07, 6.45) is 1.06. The second-order valence-corrected chi connectivity index (χ2v) is 3.92. The summed E-state index contributed by atoms with van der Waals surface area (Å²) < 4.78 is 6.60. The Morgan fingerprint density at radius 3 is 3.21 bits per heavy atom. The lowest BCUT2D eigenvalue weighted by Gasteiger charge is -2.04. The van der Waals surface area contributed by atoms with Crippen molar-refractivity contribution in [2.75, 3.05) is 4.43 Å². The van der Waals surface area contributed by atoms with Crippen LogP contribution in [0.4, 0.5) is 5.69 Å². The maximum Gasteiger partial charge on any atom is 0.123 e. The van der Waals surface area contributed by atoms with Gasteiger partial charge in [0.15, 0.2) is 0 Å². The number of ether oxygens (including phenoxy) is 1. The van der Waals surface area contributed by atoms with Gasteiger partial charge in [-0.3, -0.25) is 0 Å². The number of benzene rings is 1. The van der Waals surface area contributed by atoms with Crippen LogP contribution in [0, 0.1) is 0 Å². The Hall–Kier alpha value is -0.940. The summed E-state index contributed by atoms with van der Waals surface area (Å²) in [5.41, 5.74) is 10.1. The van der Waals surface area contributed by atoms with Crippen molar-refractivity contribution < 1.29 is 4.74 Å². The molecule has 1 aromatic carbocycles. The predicted molar refractivity (Wildman–Crippen MR) is 62.3 cm³/mol. The Labute approximate surface area is 95.0 Å². The van der Waals surface area contributed by atoms with Gasteiger partial charge in [-0.2, -0.15) is 0 Å². The van der Waals surface area contributed by atoms with E-state index in [-0.39, 0.29) is 6.10 Å². The van der Waals surface area contributed by atoms with Crippen molar-refractivity contribution in [3.05, 3.63) is 34.2 Å². The third kappa shape index (κ3) is 1.65. The maximum absolute atomic E-state index is 8.39. The van der Waals surface area contributed by atoms with Crippen molar-refractivity contribution in [1.82, 2.24) is 0 Å². The van der Waals surface area contributed by atoms with E-state index in [2.05, 4.69) is 32.6 Å². The summed E-state index contributed by atoms with van der Waals surface area (Å²) in [5.74, 6) is 0.858. The normalized spacial score (nSPS) is 18.2. The molecule has 0 bridgehead atoms. The van der Waals surface area contributed by atoms with Crippen LogP contribution in [0.5, 0.6) is 5.75 Å². The molecule has 1 atom stereocenters. The van der Waals surface area contributed by atoms with E-state index in [1.54, 1.807) is 0 Å². The van der Waals surface area contributed by atoms with Gasteiger partial charge in [-0.05, 0) is 11.6 Å². The molecule has 1 aliphatic heterocycles. The largest absolute Gasteiger partial charge is 0.489 e. The standard InChI is InChI=1S/C9H8IN3O/c10-5-6-4-7-8(12-13-11)2-1-3-9(7)14-6/h1-3,6H,4-5H2. The molecular weight excluding hydrogens is 293 g/mol. The average molecular weight is 301 g/mol. The van der Waals surface area contributed by atoms with Crippen LogP contribution in [-0.4, -0.2) is 10.5 Å². The Morgan fingerprint density at radius 2 is 2.50 bits per heavy atom. The van der Waals surface area contributed by atoms with Crippen molar-refractivity contribution >= 4 is 28.3 Å². The van der Waals surface area contributed by atoms with E-state index in [9.17, 15) is 0 Å². The molecule has 1 aliphatic rings.